The molecule has 3 N–H and O–H groups in total. The standard InChI is InChI=1S/C29H27N7O2S/c1-2-30-29(37)38-23-13-21(31-16-23)8-10-24-14-25-27(32-18-33-28(25)39-24)35-22-9-11-26-20(12-22)15-34-36(26)17-19-6-4-3-5-7-19/h3-7,9,11-12,14-15,18,21,23,31H,2,13,16-17H2,1H3,(H,30,37)(H,32,33,35)/t21-,23-/m1/s1. The highest BCUT2D eigenvalue weighted by Crippen LogP contribution is 2.30. The molecule has 0 radical (unpaired) electrons. The van der Waals surface area contributed by atoms with Gasteiger partial charge in [-0.15, -0.1) is 11.3 Å². The van der Waals surface area contributed by atoms with E-state index in [1.807, 2.05) is 48.1 Å². The summed E-state index contributed by atoms with van der Waals surface area (Å²) in [5.74, 6) is 7.25. The van der Waals surface area contributed by atoms with Crippen LogP contribution in [0, 0.1) is 11.8 Å². The molecule has 2 atom stereocenters. The Labute approximate surface area is 229 Å². The van der Waals surface area contributed by atoms with Gasteiger partial charge in [0.1, 0.15) is 23.1 Å². The van der Waals surface area contributed by atoms with Crippen LogP contribution < -0.4 is 16.0 Å². The second kappa shape index (κ2) is 11.1. The van der Waals surface area contributed by atoms with Crippen LogP contribution in [0.4, 0.5) is 16.3 Å². The van der Waals surface area contributed by atoms with Crippen molar-refractivity contribution >= 4 is 50.1 Å². The van der Waals surface area contributed by atoms with Gasteiger partial charge in [0.05, 0.1) is 34.6 Å². The van der Waals surface area contributed by atoms with Crippen molar-refractivity contribution in [1.82, 2.24) is 30.4 Å². The normalized spacial score (nSPS) is 16.6. The number of anilines is 2. The summed E-state index contributed by atoms with van der Waals surface area (Å²) in [6, 6.07) is 18.5. The number of rotatable bonds is 6. The first-order valence-corrected chi connectivity index (χ1v) is 13.7. The Morgan fingerprint density at radius 1 is 1.21 bits per heavy atom. The van der Waals surface area contributed by atoms with E-state index in [2.05, 4.69) is 67.1 Å². The summed E-state index contributed by atoms with van der Waals surface area (Å²) in [5, 5.41) is 16.0. The number of alkyl carbamates (subject to hydrolysis) is 1. The second-order valence-corrected chi connectivity index (χ2v) is 10.3. The average molecular weight is 538 g/mol. The molecule has 196 valence electrons. The third-order valence-corrected chi connectivity index (χ3v) is 7.42. The lowest BCUT2D eigenvalue weighted by atomic mass is 10.2. The average Bonchev–Trinajstić information content (AvgIpc) is 3.67. The highest BCUT2D eigenvalue weighted by molar-refractivity contribution is 7.19. The summed E-state index contributed by atoms with van der Waals surface area (Å²) in [7, 11) is 0. The largest absolute Gasteiger partial charge is 0.445 e. The summed E-state index contributed by atoms with van der Waals surface area (Å²) < 4.78 is 7.41. The van der Waals surface area contributed by atoms with Crippen molar-refractivity contribution in [2.24, 2.45) is 0 Å². The lowest BCUT2D eigenvalue weighted by Crippen LogP contribution is -2.29. The zero-order valence-electron chi connectivity index (χ0n) is 21.3. The van der Waals surface area contributed by atoms with Gasteiger partial charge in [0.15, 0.2) is 0 Å². The first-order valence-electron chi connectivity index (χ1n) is 12.8. The van der Waals surface area contributed by atoms with Gasteiger partial charge >= 0.3 is 6.09 Å². The summed E-state index contributed by atoms with van der Waals surface area (Å²) in [6.07, 6.45) is 3.55. The number of nitrogens with one attached hydrogen (secondary N) is 3. The van der Waals surface area contributed by atoms with E-state index in [0.717, 1.165) is 44.0 Å². The molecule has 0 spiro atoms. The van der Waals surface area contributed by atoms with E-state index in [-0.39, 0.29) is 18.2 Å². The molecule has 1 amide bonds. The highest BCUT2D eigenvalue weighted by atomic mass is 32.1. The third kappa shape index (κ3) is 5.70. The first kappa shape index (κ1) is 24.9. The molecule has 0 aliphatic carbocycles. The van der Waals surface area contributed by atoms with Crippen molar-refractivity contribution in [3.63, 3.8) is 0 Å². The van der Waals surface area contributed by atoms with Gasteiger partial charge in [-0.25, -0.2) is 14.8 Å². The molecule has 39 heavy (non-hydrogen) atoms. The fraction of sp³-hybridized carbons (Fsp3) is 0.241. The van der Waals surface area contributed by atoms with Crippen LogP contribution in [0.3, 0.4) is 0 Å². The molecule has 3 aromatic heterocycles. The van der Waals surface area contributed by atoms with Gasteiger partial charge in [-0.1, -0.05) is 42.2 Å². The molecule has 1 aliphatic heterocycles. The molecular weight excluding hydrogens is 510 g/mol. The van der Waals surface area contributed by atoms with Crippen molar-refractivity contribution in [3.05, 3.63) is 77.6 Å². The number of nitrogens with zero attached hydrogens (tertiary/aromatic N) is 4. The highest BCUT2D eigenvalue weighted by Gasteiger charge is 2.25. The Kier molecular flexibility index (Phi) is 7.08. The lowest BCUT2D eigenvalue weighted by Gasteiger charge is -2.10. The number of amides is 1. The second-order valence-electron chi connectivity index (χ2n) is 9.26. The molecule has 1 saturated heterocycles. The summed E-state index contributed by atoms with van der Waals surface area (Å²) in [4.78, 5) is 22.4. The maximum absolute atomic E-state index is 11.7. The number of benzene rings is 2. The number of fused-ring (bicyclic) bond motifs is 2. The van der Waals surface area contributed by atoms with Crippen LogP contribution in [-0.2, 0) is 11.3 Å². The van der Waals surface area contributed by atoms with Gasteiger partial charge in [0.25, 0.3) is 0 Å². The van der Waals surface area contributed by atoms with Crippen LogP contribution in [0.25, 0.3) is 21.1 Å². The molecule has 2 aromatic carbocycles. The monoisotopic (exact) mass is 537 g/mol. The van der Waals surface area contributed by atoms with Gasteiger partial charge in [-0.05, 0) is 36.8 Å². The molecule has 0 bridgehead atoms. The Morgan fingerprint density at radius 2 is 2.10 bits per heavy atom. The number of aromatic nitrogens is 4. The van der Waals surface area contributed by atoms with Crippen molar-refractivity contribution in [2.45, 2.75) is 32.0 Å². The molecule has 9 nitrogen and oxygen atoms in total. The lowest BCUT2D eigenvalue weighted by molar-refractivity contribution is 0.107. The van der Waals surface area contributed by atoms with Crippen molar-refractivity contribution < 1.29 is 9.53 Å². The minimum atomic E-state index is -0.388. The fourth-order valence-corrected chi connectivity index (χ4v) is 5.46. The Bertz CT molecular complexity index is 1690. The van der Waals surface area contributed by atoms with Crippen LogP contribution in [0.15, 0.2) is 67.1 Å². The van der Waals surface area contributed by atoms with Crippen LogP contribution in [0.2, 0.25) is 0 Å². The first-order chi connectivity index (χ1) is 19.1. The predicted molar refractivity (Wildman–Crippen MR) is 153 cm³/mol. The smallest absolute Gasteiger partial charge is 0.407 e. The number of ether oxygens (including phenoxy) is 1. The van der Waals surface area contributed by atoms with Gasteiger partial charge in [0, 0.05) is 30.6 Å². The topological polar surface area (TPSA) is 106 Å². The maximum atomic E-state index is 11.7. The number of hydrogen-bond donors (Lipinski definition) is 3. The minimum Gasteiger partial charge on any atom is -0.445 e. The number of hydrogen-bond acceptors (Lipinski definition) is 8. The van der Waals surface area contributed by atoms with Crippen LogP contribution in [-0.4, -0.2) is 51.1 Å². The Morgan fingerprint density at radius 3 is 2.97 bits per heavy atom. The molecule has 1 fully saturated rings. The summed E-state index contributed by atoms with van der Waals surface area (Å²) in [5.41, 5.74) is 3.21. The number of carbonyl (C=O) groups is 1. The number of thiophene rings is 1. The quantitative estimate of drug-likeness (QED) is 0.271. The van der Waals surface area contributed by atoms with Crippen LogP contribution in [0.5, 0.6) is 0 Å². The van der Waals surface area contributed by atoms with Crippen LogP contribution in [0.1, 0.15) is 23.8 Å². The van der Waals surface area contributed by atoms with E-state index in [0.29, 0.717) is 19.5 Å². The fourth-order valence-electron chi connectivity index (χ4n) is 4.60. The Hall–Kier alpha value is -4.46. The van der Waals surface area contributed by atoms with Crippen molar-refractivity contribution in [3.8, 4) is 11.8 Å². The van der Waals surface area contributed by atoms with Crippen LogP contribution >= 0.6 is 11.3 Å². The van der Waals surface area contributed by atoms with E-state index in [9.17, 15) is 4.79 Å². The van der Waals surface area contributed by atoms with E-state index < -0.39 is 0 Å². The molecule has 6 rings (SSSR count). The Balaban J connectivity index is 1.16. The number of carbonyl (C=O) groups excluding carboxylic acids is 1. The van der Waals surface area contributed by atoms with E-state index >= 15 is 0 Å². The van der Waals surface area contributed by atoms with Gasteiger partial charge in [-0.2, -0.15) is 5.10 Å². The molecule has 4 heterocycles. The zero-order chi connectivity index (χ0) is 26.6. The van der Waals surface area contributed by atoms with Gasteiger partial charge in [0.2, 0.25) is 0 Å². The SMILES string of the molecule is CCNC(=O)O[C@H]1CN[C@H](C#Cc2cc3c(Nc4ccc5c(cnn5Cc5ccccc5)c4)ncnc3s2)C1. The van der Waals surface area contributed by atoms with Gasteiger partial charge in [-0.3, -0.25) is 10.00 Å². The molecule has 0 unspecified atom stereocenters. The summed E-state index contributed by atoms with van der Waals surface area (Å²) >= 11 is 1.53. The van der Waals surface area contributed by atoms with Crippen molar-refractivity contribution in [2.75, 3.05) is 18.4 Å². The van der Waals surface area contributed by atoms with Gasteiger partial charge < -0.3 is 15.4 Å². The molecule has 1 aliphatic rings. The minimum absolute atomic E-state index is 0.0344. The maximum Gasteiger partial charge on any atom is 0.407 e. The van der Waals surface area contributed by atoms with E-state index in [1.165, 1.54) is 16.9 Å². The van der Waals surface area contributed by atoms with Crippen molar-refractivity contribution in [1.29, 1.82) is 0 Å². The van der Waals surface area contributed by atoms with E-state index in [4.69, 9.17) is 4.74 Å². The molecule has 10 heteroatoms. The van der Waals surface area contributed by atoms with E-state index in [1.54, 1.807) is 6.33 Å². The summed E-state index contributed by atoms with van der Waals surface area (Å²) in [6.45, 7) is 3.72. The third-order valence-electron chi connectivity index (χ3n) is 6.46. The molecular formula is C29H27N7O2S. The molecule has 0 saturated carbocycles. The molecule has 5 aromatic rings. The predicted octanol–water partition coefficient (Wildman–Crippen LogP) is 4.66. The zero-order valence-corrected chi connectivity index (χ0v) is 22.2.